The molecule has 0 radical (unpaired) electrons. The topological polar surface area (TPSA) is 46.8 Å². The summed E-state index contributed by atoms with van der Waals surface area (Å²) in [5, 5.41) is 2.09. The van der Waals surface area contributed by atoms with Crippen LogP contribution in [0.15, 0.2) is 72.3 Å². The number of imidazole rings is 1. The zero-order chi connectivity index (χ0) is 23.3. The minimum Gasteiger partial charge on any atom is -0.376 e. The normalized spacial score (nSPS) is 16.0. The summed E-state index contributed by atoms with van der Waals surface area (Å²) in [6.45, 7) is 1.95. The summed E-state index contributed by atoms with van der Waals surface area (Å²) in [5.41, 5.74) is 3.79. The van der Waals surface area contributed by atoms with Crippen LogP contribution in [0.1, 0.15) is 24.1 Å². The number of thiazole rings is 1. The maximum atomic E-state index is 13.3. The molecule has 1 atom stereocenters. The highest BCUT2D eigenvalue weighted by Crippen LogP contribution is 2.24. The summed E-state index contributed by atoms with van der Waals surface area (Å²) < 4.78 is 21.2. The van der Waals surface area contributed by atoms with Gasteiger partial charge in [0.1, 0.15) is 5.82 Å². The lowest BCUT2D eigenvalue weighted by Crippen LogP contribution is -2.37. The minimum atomic E-state index is -0.261. The van der Waals surface area contributed by atoms with Crippen LogP contribution in [0.25, 0.3) is 22.3 Å². The number of carbonyl (C=O) groups excluding carboxylic acids is 1. The molecule has 1 unspecified atom stereocenters. The quantitative estimate of drug-likeness (QED) is 0.318. The number of rotatable bonds is 8. The largest absolute Gasteiger partial charge is 0.376 e. The molecule has 0 saturated carbocycles. The molecule has 1 fully saturated rings. The summed E-state index contributed by atoms with van der Waals surface area (Å²) in [6.07, 6.45) is 8.31. The Morgan fingerprint density at radius 2 is 2.03 bits per heavy atom. The Morgan fingerprint density at radius 3 is 2.79 bits per heavy atom. The van der Waals surface area contributed by atoms with Crippen molar-refractivity contribution >= 4 is 28.3 Å². The Bertz CT molecular complexity index is 1270. The summed E-state index contributed by atoms with van der Waals surface area (Å²) in [6, 6.07) is 16.2. The van der Waals surface area contributed by atoms with Gasteiger partial charge in [0.25, 0.3) is 0 Å². The maximum Gasteiger partial charge on any atom is 0.246 e. The molecule has 7 heteroatoms. The van der Waals surface area contributed by atoms with E-state index in [9.17, 15) is 9.18 Å². The van der Waals surface area contributed by atoms with Crippen molar-refractivity contribution < 1.29 is 13.9 Å². The van der Waals surface area contributed by atoms with Gasteiger partial charge in [0, 0.05) is 55.0 Å². The molecule has 2 aromatic heterocycles. The molecule has 4 aromatic rings. The first-order valence-electron chi connectivity index (χ1n) is 11.5. The van der Waals surface area contributed by atoms with Gasteiger partial charge in [-0.05, 0) is 48.7 Å². The fourth-order valence-electron chi connectivity index (χ4n) is 4.18. The Morgan fingerprint density at radius 1 is 1.21 bits per heavy atom. The zero-order valence-electron chi connectivity index (χ0n) is 18.8. The molecule has 0 bridgehead atoms. The third-order valence-corrected chi connectivity index (χ3v) is 6.93. The molecule has 1 aliphatic heterocycles. The van der Waals surface area contributed by atoms with Gasteiger partial charge in [0.2, 0.25) is 5.91 Å². The molecule has 0 spiro atoms. The highest BCUT2D eigenvalue weighted by molar-refractivity contribution is 7.15. The molecular weight excluding hydrogens is 449 g/mol. The number of halogens is 1. The van der Waals surface area contributed by atoms with Crippen molar-refractivity contribution in [3.05, 3.63) is 89.3 Å². The Balaban J connectivity index is 1.31. The number of carbonyl (C=O) groups is 1. The second-order valence-corrected chi connectivity index (χ2v) is 9.26. The van der Waals surface area contributed by atoms with Crippen LogP contribution in [0, 0.1) is 5.82 Å². The minimum absolute atomic E-state index is 0.0107. The first kappa shape index (κ1) is 22.5. The standard InChI is InChI=1S/C27H26FN3O2S/c28-22-11-9-21(10-12-22)25-18-31-23(19-34-27(31)29-25)14-15-30(17-24-7-4-16-33-24)26(32)13-8-20-5-2-1-3-6-20/h1-3,5-6,8-13,18-19,24H,4,7,14-17H2. The molecule has 3 heterocycles. The van der Waals surface area contributed by atoms with E-state index in [0.717, 1.165) is 46.9 Å². The van der Waals surface area contributed by atoms with Crippen molar-refractivity contribution in [2.75, 3.05) is 19.7 Å². The van der Waals surface area contributed by atoms with Gasteiger partial charge >= 0.3 is 0 Å². The van der Waals surface area contributed by atoms with Gasteiger partial charge in [0.05, 0.1) is 11.8 Å². The fraction of sp³-hybridized carbons (Fsp3) is 0.259. The van der Waals surface area contributed by atoms with Crippen LogP contribution in [0.4, 0.5) is 4.39 Å². The van der Waals surface area contributed by atoms with Crippen molar-refractivity contribution in [2.45, 2.75) is 25.4 Å². The van der Waals surface area contributed by atoms with Crippen LogP contribution >= 0.6 is 11.3 Å². The summed E-state index contributed by atoms with van der Waals surface area (Å²) in [5.74, 6) is -0.272. The van der Waals surface area contributed by atoms with Crippen molar-refractivity contribution in [1.29, 1.82) is 0 Å². The Labute approximate surface area is 202 Å². The Kier molecular flexibility index (Phi) is 6.83. The van der Waals surface area contributed by atoms with E-state index in [0.29, 0.717) is 19.5 Å². The first-order valence-corrected chi connectivity index (χ1v) is 12.4. The van der Waals surface area contributed by atoms with Gasteiger partial charge in [-0.15, -0.1) is 11.3 Å². The van der Waals surface area contributed by atoms with Crippen molar-refractivity contribution in [3.63, 3.8) is 0 Å². The molecular formula is C27H26FN3O2S. The lowest BCUT2D eigenvalue weighted by Gasteiger charge is -2.24. The van der Waals surface area contributed by atoms with E-state index in [4.69, 9.17) is 4.74 Å². The number of amides is 1. The van der Waals surface area contributed by atoms with E-state index in [1.165, 1.54) is 12.1 Å². The lowest BCUT2D eigenvalue weighted by molar-refractivity contribution is -0.127. The van der Waals surface area contributed by atoms with Crippen LogP contribution in [-0.4, -0.2) is 46.0 Å². The van der Waals surface area contributed by atoms with Crippen molar-refractivity contribution in [3.8, 4) is 11.3 Å². The summed E-state index contributed by atoms with van der Waals surface area (Å²) in [7, 11) is 0. The molecule has 5 nitrogen and oxygen atoms in total. The highest BCUT2D eigenvalue weighted by Gasteiger charge is 2.22. The van der Waals surface area contributed by atoms with Crippen LogP contribution < -0.4 is 0 Å². The first-order chi connectivity index (χ1) is 16.7. The van der Waals surface area contributed by atoms with Gasteiger partial charge in [-0.1, -0.05) is 30.3 Å². The van der Waals surface area contributed by atoms with Crippen LogP contribution in [0.2, 0.25) is 0 Å². The highest BCUT2D eigenvalue weighted by atomic mass is 32.1. The smallest absolute Gasteiger partial charge is 0.246 e. The molecule has 0 N–H and O–H groups in total. The van der Waals surface area contributed by atoms with E-state index in [2.05, 4.69) is 14.8 Å². The van der Waals surface area contributed by atoms with E-state index in [-0.39, 0.29) is 17.8 Å². The van der Waals surface area contributed by atoms with Crippen LogP contribution in [-0.2, 0) is 16.0 Å². The summed E-state index contributed by atoms with van der Waals surface area (Å²) in [4.78, 5) is 20.5. The zero-order valence-corrected chi connectivity index (χ0v) is 19.6. The number of nitrogens with zero attached hydrogens (tertiary/aromatic N) is 3. The third kappa shape index (κ3) is 5.26. The molecule has 34 heavy (non-hydrogen) atoms. The van der Waals surface area contributed by atoms with Crippen molar-refractivity contribution in [2.24, 2.45) is 0 Å². The molecule has 174 valence electrons. The SMILES string of the molecule is O=C(C=Cc1ccccc1)N(CCc1csc2nc(-c3ccc(F)cc3)cn12)CC1CCCO1. The number of fused-ring (bicyclic) bond motifs is 1. The number of hydrogen-bond donors (Lipinski definition) is 0. The predicted octanol–water partition coefficient (Wildman–Crippen LogP) is 5.47. The van der Waals surface area contributed by atoms with Gasteiger partial charge < -0.3 is 9.64 Å². The predicted molar refractivity (Wildman–Crippen MR) is 133 cm³/mol. The van der Waals surface area contributed by atoms with E-state index in [1.54, 1.807) is 29.5 Å². The second kappa shape index (κ2) is 10.3. The van der Waals surface area contributed by atoms with Gasteiger partial charge in [-0.3, -0.25) is 9.20 Å². The molecule has 0 aliphatic carbocycles. The van der Waals surface area contributed by atoms with Crippen molar-refractivity contribution in [1.82, 2.24) is 14.3 Å². The molecule has 1 aliphatic rings. The number of benzene rings is 2. The van der Waals surface area contributed by atoms with Gasteiger partial charge in [-0.25, -0.2) is 9.37 Å². The molecule has 1 saturated heterocycles. The molecule has 2 aromatic carbocycles. The van der Waals surface area contributed by atoms with Gasteiger partial charge in [0.15, 0.2) is 4.96 Å². The second-order valence-electron chi connectivity index (χ2n) is 8.43. The van der Waals surface area contributed by atoms with E-state index < -0.39 is 0 Å². The average Bonchev–Trinajstić information content (AvgIpc) is 3.60. The molecule has 1 amide bonds. The number of hydrogen-bond acceptors (Lipinski definition) is 4. The van der Waals surface area contributed by atoms with Crippen LogP contribution in [0.5, 0.6) is 0 Å². The monoisotopic (exact) mass is 475 g/mol. The third-order valence-electron chi connectivity index (χ3n) is 6.04. The number of aromatic nitrogens is 2. The van der Waals surface area contributed by atoms with Crippen LogP contribution in [0.3, 0.4) is 0 Å². The molecule has 5 rings (SSSR count). The Hall–Kier alpha value is -3.29. The summed E-state index contributed by atoms with van der Waals surface area (Å²) >= 11 is 1.57. The maximum absolute atomic E-state index is 13.3. The van der Waals surface area contributed by atoms with E-state index >= 15 is 0 Å². The lowest BCUT2D eigenvalue weighted by atomic mass is 10.2. The van der Waals surface area contributed by atoms with E-state index in [1.807, 2.05) is 47.5 Å². The van der Waals surface area contributed by atoms with Gasteiger partial charge in [-0.2, -0.15) is 0 Å². The number of ether oxygens (including phenoxy) is 1. The average molecular weight is 476 g/mol. The fourth-order valence-corrected chi connectivity index (χ4v) is 5.09.